The van der Waals surface area contributed by atoms with Crippen molar-refractivity contribution in [3.8, 4) is 0 Å². The molecule has 1 aliphatic heterocycles. The van der Waals surface area contributed by atoms with E-state index in [1.165, 1.54) is 20.2 Å². The van der Waals surface area contributed by atoms with Gasteiger partial charge in [0.2, 0.25) is 11.6 Å². The van der Waals surface area contributed by atoms with E-state index in [-0.39, 0.29) is 24.2 Å². The van der Waals surface area contributed by atoms with Gasteiger partial charge in [-0.3, -0.25) is 4.79 Å². The summed E-state index contributed by atoms with van der Waals surface area (Å²) >= 11 is 0. The van der Waals surface area contributed by atoms with E-state index in [0.717, 1.165) is 19.5 Å². The Balaban J connectivity index is 1.68. The Labute approximate surface area is 156 Å². The molecule has 4 rings (SSSR count). The average Bonchev–Trinajstić information content (AvgIpc) is 2.96. The first-order valence-electron chi connectivity index (χ1n) is 9.08. The van der Waals surface area contributed by atoms with Crippen LogP contribution in [0.2, 0.25) is 0 Å². The lowest BCUT2D eigenvalue weighted by atomic mass is 10.00. The van der Waals surface area contributed by atoms with E-state index >= 15 is 0 Å². The van der Waals surface area contributed by atoms with Crippen LogP contribution >= 0.6 is 0 Å². The molecule has 2 aromatic heterocycles. The van der Waals surface area contributed by atoms with Crippen molar-refractivity contribution in [2.75, 3.05) is 11.4 Å². The number of carbonyl (C=O) groups is 1. The second-order valence-electron chi connectivity index (χ2n) is 7.05. The average molecular weight is 366 g/mol. The van der Waals surface area contributed by atoms with Crippen LogP contribution in [-0.2, 0) is 24.3 Å². The third-order valence-corrected chi connectivity index (χ3v) is 4.66. The zero-order valence-corrected chi connectivity index (χ0v) is 15.4. The summed E-state index contributed by atoms with van der Waals surface area (Å²) in [6, 6.07) is 8.35. The lowest BCUT2D eigenvalue weighted by Crippen LogP contribution is -2.36. The molecule has 27 heavy (non-hydrogen) atoms. The van der Waals surface area contributed by atoms with Gasteiger partial charge in [-0.05, 0) is 31.4 Å². The maximum Gasteiger partial charge on any atom is 0.350 e. The third kappa shape index (κ3) is 3.30. The second-order valence-corrected chi connectivity index (χ2v) is 7.05. The molecule has 0 saturated heterocycles. The highest BCUT2D eigenvalue weighted by atomic mass is 16.2. The van der Waals surface area contributed by atoms with Gasteiger partial charge in [-0.2, -0.15) is 0 Å². The van der Waals surface area contributed by atoms with Crippen molar-refractivity contribution in [3.63, 3.8) is 0 Å². The van der Waals surface area contributed by atoms with Crippen LogP contribution in [-0.4, -0.2) is 37.7 Å². The Morgan fingerprint density at radius 2 is 2.04 bits per heavy atom. The first kappa shape index (κ1) is 17.3. The normalized spacial score (nSPS) is 13.8. The van der Waals surface area contributed by atoms with Crippen molar-refractivity contribution in [2.45, 2.75) is 39.4 Å². The van der Waals surface area contributed by atoms with Gasteiger partial charge >= 0.3 is 5.69 Å². The van der Waals surface area contributed by atoms with E-state index in [1.54, 1.807) is 12.4 Å². The molecule has 140 valence electrons. The zero-order valence-electron chi connectivity index (χ0n) is 15.4. The van der Waals surface area contributed by atoms with Gasteiger partial charge in [0.15, 0.2) is 5.82 Å². The molecular formula is C19H22N6O2. The van der Waals surface area contributed by atoms with Gasteiger partial charge in [0.25, 0.3) is 0 Å². The summed E-state index contributed by atoms with van der Waals surface area (Å²) < 4.78 is 2.64. The molecule has 1 amide bonds. The second kappa shape index (κ2) is 6.86. The molecule has 3 aromatic rings. The van der Waals surface area contributed by atoms with Crippen LogP contribution < -0.4 is 15.9 Å². The topological polar surface area (TPSA) is 84.5 Å². The number of amides is 1. The lowest BCUT2D eigenvalue weighted by molar-refractivity contribution is -0.122. The summed E-state index contributed by atoms with van der Waals surface area (Å²) in [5, 5.41) is 7.17. The van der Waals surface area contributed by atoms with Crippen LogP contribution in [0.1, 0.15) is 25.0 Å². The number of aromatic nitrogens is 4. The van der Waals surface area contributed by atoms with Crippen LogP contribution in [0.15, 0.2) is 41.5 Å². The number of hydrogen-bond donors (Lipinski definition) is 1. The molecular weight excluding hydrogens is 344 g/mol. The fraction of sp³-hybridized carbons (Fsp3) is 0.368. The van der Waals surface area contributed by atoms with E-state index in [4.69, 9.17) is 0 Å². The number of benzene rings is 1. The molecule has 0 radical (unpaired) electrons. The van der Waals surface area contributed by atoms with Gasteiger partial charge < -0.3 is 10.2 Å². The first-order valence-corrected chi connectivity index (χ1v) is 9.08. The van der Waals surface area contributed by atoms with Crippen LogP contribution in [0.4, 0.5) is 5.82 Å². The summed E-state index contributed by atoms with van der Waals surface area (Å²) in [5.41, 5.74) is 2.73. The molecule has 0 aliphatic carbocycles. The van der Waals surface area contributed by atoms with Gasteiger partial charge in [0, 0.05) is 31.5 Å². The number of anilines is 1. The predicted molar refractivity (Wildman–Crippen MR) is 102 cm³/mol. The summed E-state index contributed by atoms with van der Waals surface area (Å²) in [4.78, 5) is 31.3. The molecule has 0 saturated carbocycles. The minimum Gasteiger partial charge on any atom is -0.352 e. The molecule has 0 bridgehead atoms. The summed E-state index contributed by atoms with van der Waals surface area (Å²) in [5.74, 6) is 0.420. The molecule has 1 aromatic carbocycles. The van der Waals surface area contributed by atoms with Crippen molar-refractivity contribution in [1.82, 2.24) is 24.5 Å². The highest BCUT2D eigenvalue weighted by Crippen LogP contribution is 2.24. The Bertz CT molecular complexity index is 1050. The largest absolute Gasteiger partial charge is 0.352 e. The lowest BCUT2D eigenvalue weighted by Gasteiger charge is -2.29. The molecule has 8 nitrogen and oxygen atoms in total. The molecule has 0 atom stereocenters. The molecule has 1 aliphatic rings. The Kier molecular flexibility index (Phi) is 4.39. The predicted octanol–water partition coefficient (Wildman–Crippen LogP) is 0.978. The van der Waals surface area contributed by atoms with E-state index in [0.29, 0.717) is 11.5 Å². The minimum atomic E-state index is -0.343. The molecule has 0 fully saturated rings. The van der Waals surface area contributed by atoms with Crippen molar-refractivity contribution < 1.29 is 4.79 Å². The fourth-order valence-corrected chi connectivity index (χ4v) is 3.44. The summed E-state index contributed by atoms with van der Waals surface area (Å²) in [6.45, 7) is 5.17. The number of rotatable bonds is 4. The number of hydrogen-bond acceptors (Lipinski definition) is 5. The van der Waals surface area contributed by atoms with Gasteiger partial charge in [-0.15, -0.1) is 5.10 Å². The number of fused-ring (bicyclic) bond motifs is 2. The van der Waals surface area contributed by atoms with E-state index in [2.05, 4.69) is 38.5 Å². The van der Waals surface area contributed by atoms with Crippen molar-refractivity contribution >= 4 is 17.4 Å². The molecule has 0 spiro atoms. The molecule has 8 heteroatoms. The van der Waals surface area contributed by atoms with Crippen LogP contribution in [0.5, 0.6) is 0 Å². The zero-order chi connectivity index (χ0) is 19.0. The van der Waals surface area contributed by atoms with Gasteiger partial charge in [0.1, 0.15) is 6.54 Å². The Hall–Kier alpha value is -3.16. The highest BCUT2D eigenvalue weighted by molar-refractivity contribution is 5.76. The summed E-state index contributed by atoms with van der Waals surface area (Å²) in [7, 11) is 0. The van der Waals surface area contributed by atoms with Crippen LogP contribution in [0, 0.1) is 0 Å². The van der Waals surface area contributed by atoms with Crippen LogP contribution in [0.25, 0.3) is 5.65 Å². The van der Waals surface area contributed by atoms with Gasteiger partial charge in [-0.1, -0.05) is 24.3 Å². The Morgan fingerprint density at radius 1 is 1.26 bits per heavy atom. The first-order chi connectivity index (χ1) is 13.0. The molecule has 3 heterocycles. The molecule has 0 unspecified atom stereocenters. The fourth-order valence-electron chi connectivity index (χ4n) is 3.44. The Morgan fingerprint density at radius 3 is 2.81 bits per heavy atom. The van der Waals surface area contributed by atoms with E-state index < -0.39 is 0 Å². The minimum absolute atomic E-state index is 0.0101. The van der Waals surface area contributed by atoms with Crippen LogP contribution in [0.3, 0.4) is 0 Å². The maximum absolute atomic E-state index is 12.6. The van der Waals surface area contributed by atoms with Gasteiger partial charge in [-0.25, -0.2) is 18.9 Å². The quantitative estimate of drug-likeness (QED) is 0.744. The van der Waals surface area contributed by atoms with Gasteiger partial charge in [0.05, 0.1) is 0 Å². The number of nitrogens with one attached hydrogen (secondary N) is 1. The standard InChI is InChI=1S/C19H22N6O2/c1-13(2)21-16(26)12-25-19(27)24-10-8-20-17(18(24)22-25)23-9-7-14-5-3-4-6-15(14)11-23/h3-6,8,10,13H,7,9,11-12H2,1-2H3,(H,21,26). The van der Waals surface area contributed by atoms with Crippen molar-refractivity contribution in [2.24, 2.45) is 0 Å². The maximum atomic E-state index is 12.6. The van der Waals surface area contributed by atoms with E-state index in [1.807, 2.05) is 19.9 Å². The SMILES string of the molecule is CC(C)NC(=O)Cn1nc2c(N3CCc4ccccc4C3)nccn2c1=O. The monoisotopic (exact) mass is 366 g/mol. The number of nitrogens with zero attached hydrogens (tertiary/aromatic N) is 5. The highest BCUT2D eigenvalue weighted by Gasteiger charge is 2.22. The molecule has 1 N–H and O–H groups in total. The van der Waals surface area contributed by atoms with Crippen molar-refractivity contribution in [1.29, 1.82) is 0 Å². The number of carbonyl (C=O) groups excluding carboxylic acids is 1. The van der Waals surface area contributed by atoms with E-state index in [9.17, 15) is 9.59 Å². The van der Waals surface area contributed by atoms with Crippen molar-refractivity contribution in [3.05, 3.63) is 58.3 Å². The third-order valence-electron chi connectivity index (χ3n) is 4.66. The smallest absolute Gasteiger partial charge is 0.350 e. The summed E-state index contributed by atoms with van der Waals surface area (Å²) in [6.07, 6.45) is 4.11.